The molecule has 0 bridgehead atoms. The van der Waals surface area contributed by atoms with Crippen molar-refractivity contribution in [2.75, 3.05) is 18.1 Å². The lowest BCUT2D eigenvalue weighted by Crippen LogP contribution is -2.36. The fourth-order valence-corrected chi connectivity index (χ4v) is 3.63. The van der Waals surface area contributed by atoms with Gasteiger partial charge in [-0.1, -0.05) is 24.6 Å². The minimum absolute atomic E-state index is 0.0149. The highest BCUT2D eigenvalue weighted by atomic mass is 35.5. The molecule has 2 N–H and O–H groups in total. The quantitative estimate of drug-likeness (QED) is 0.315. The van der Waals surface area contributed by atoms with Crippen molar-refractivity contribution in [3.05, 3.63) is 69.2 Å². The molecular weight excluding hydrogens is 491 g/mol. The first kappa shape index (κ1) is 26.9. The Hall–Kier alpha value is -3.73. The first-order valence-corrected chi connectivity index (χ1v) is 11.7. The Balaban J connectivity index is 1.64. The van der Waals surface area contributed by atoms with Crippen LogP contribution in [0.25, 0.3) is 5.65 Å². The number of fused-ring (bicyclic) bond motifs is 1. The molecule has 0 unspecified atom stereocenters. The van der Waals surface area contributed by atoms with E-state index >= 15 is 0 Å². The van der Waals surface area contributed by atoms with E-state index in [1.165, 1.54) is 12.1 Å². The van der Waals surface area contributed by atoms with Crippen LogP contribution in [0, 0.1) is 10.7 Å². The zero-order valence-corrected chi connectivity index (χ0v) is 21.2. The summed E-state index contributed by atoms with van der Waals surface area (Å²) in [5.74, 6) is -1.08. The lowest BCUT2D eigenvalue weighted by atomic mass is 10.2. The number of nitrogens with one attached hydrogen (secondary N) is 2. The molecule has 0 aliphatic rings. The van der Waals surface area contributed by atoms with Crippen LogP contribution in [0.5, 0.6) is 0 Å². The van der Waals surface area contributed by atoms with Gasteiger partial charge >= 0.3 is 6.09 Å². The summed E-state index contributed by atoms with van der Waals surface area (Å²) in [6.45, 7) is 7.06. The van der Waals surface area contributed by atoms with Crippen LogP contribution in [0.1, 0.15) is 49.4 Å². The molecule has 0 saturated carbocycles. The summed E-state index contributed by atoms with van der Waals surface area (Å²) in [7, 11) is 0. The number of rotatable bonds is 9. The summed E-state index contributed by atoms with van der Waals surface area (Å²) in [5.41, 5.74) is 1.33. The summed E-state index contributed by atoms with van der Waals surface area (Å²) in [5, 5.41) is 9.46. The van der Waals surface area contributed by atoms with E-state index in [9.17, 15) is 18.9 Å². The zero-order chi connectivity index (χ0) is 26.5. The van der Waals surface area contributed by atoms with Gasteiger partial charge in [0, 0.05) is 19.3 Å². The number of aromatic nitrogens is 2. The number of hydrogen-bond acceptors (Lipinski definition) is 6. The average molecular weight is 519 g/mol. The maximum atomic E-state index is 14.8. The molecule has 10 nitrogen and oxygen atoms in total. The van der Waals surface area contributed by atoms with E-state index in [1.54, 1.807) is 49.6 Å². The van der Waals surface area contributed by atoms with Gasteiger partial charge in [0.1, 0.15) is 22.8 Å². The van der Waals surface area contributed by atoms with Crippen molar-refractivity contribution in [3.8, 4) is 0 Å². The predicted molar refractivity (Wildman–Crippen MR) is 135 cm³/mol. The van der Waals surface area contributed by atoms with E-state index < -0.39 is 17.5 Å². The highest BCUT2D eigenvalue weighted by Crippen LogP contribution is 2.22. The second-order valence-corrected chi connectivity index (χ2v) is 9.37. The smallest absolute Gasteiger partial charge is 0.407 e. The lowest BCUT2D eigenvalue weighted by molar-refractivity contribution is 0.0529. The van der Waals surface area contributed by atoms with E-state index in [-0.39, 0.29) is 31.2 Å². The van der Waals surface area contributed by atoms with E-state index in [0.29, 0.717) is 34.0 Å². The van der Waals surface area contributed by atoms with Gasteiger partial charge < -0.3 is 15.4 Å². The van der Waals surface area contributed by atoms with Gasteiger partial charge in [-0.25, -0.2) is 19.2 Å². The van der Waals surface area contributed by atoms with Crippen molar-refractivity contribution in [1.29, 1.82) is 0 Å². The molecule has 0 saturated heterocycles. The van der Waals surface area contributed by atoms with Crippen LogP contribution in [-0.2, 0) is 17.7 Å². The Labute approximate surface area is 212 Å². The molecule has 0 fully saturated rings. The maximum absolute atomic E-state index is 14.8. The van der Waals surface area contributed by atoms with E-state index in [0.717, 1.165) is 5.01 Å². The standard InChI is InChI=1S/C24H28ClFN6O4/c1-5-18-21(31-14-16(25)7-9-20(31)29-18)22(33)28-13-15-6-8-19(17(26)12-15)32(30-35)11-10-27-23(34)36-24(2,3)4/h6-9,12,14H,5,10-11,13H2,1-4H3,(H,27,34)(H,28,33). The molecule has 2 heterocycles. The molecule has 0 aliphatic heterocycles. The maximum Gasteiger partial charge on any atom is 0.407 e. The van der Waals surface area contributed by atoms with Crippen molar-refractivity contribution in [1.82, 2.24) is 20.0 Å². The van der Waals surface area contributed by atoms with E-state index in [4.69, 9.17) is 16.3 Å². The normalized spacial score (nSPS) is 11.3. The summed E-state index contributed by atoms with van der Waals surface area (Å²) in [6.07, 6.45) is 1.51. The Kier molecular flexibility index (Phi) is 8.46. The fourth-order valence-electron chi connectivity index (χ4n) is 3.47. The summed E-state index contributed by atoms with van der Waals surface area (Å²) < 4.78 is 21.5. The van der Waals surface area contributed by atoms with Crippen molar-refractivity contribution in [2.24, 2.45) is 5.29 Å². The third kappa shape index (κ3) is 6.69. The van der Waals surface area contributed by atoms with Gasteiger partial charge in [0.05, 0.1) is 28.2 Å². The Morgan fingerprint density at radius 2 is 1.97 bits per heavy atom. The van der Waals surface area contributed by atoms with Gasteiger partial charge in [-0.05, 0) is 57.0 Å². The summed E-state index contributed by atoms with van der Waals surface area (Å²) >= 11 is 6.08. The monoisotopic (exact) mass is 518 g/mol. The van der Waals surface area contributed by atoms with Crippen LogP contribution < -0.4 is 15.6 Å². The van der Waals surface area contributed by atoms with Crippen molar-refractivity contribution in [3.63, 3.8) is 0 Å². The number of hydrogen-bond donors (Lipinski definition) is 2. The molecular formula is C24H28ClFN6O4. The third-order valence-electron chi connectivity index (χ3n) is 5.04. The first-order chi connectivity index (χ1) is 17.0. The van der Waals surface area contributed by atoms with Crippen molar-refractivity contribution >= 4 is 34.9 Å². The molecule has 3 rings (SSSR count). The summed E-state index contributed by atoms with van der Waals surface area (Å²) in [4.78, 5) is 40.4. The molecule has 2 amide bonds. The highest BCUT2D eigenvalue weighted by Gasteiger charge is 2.20. The molecule has 36 heavy (non-hydrogen) atoms. The number of nitrogens with zero attached hydrogens (tertiary/aromatic N) is 4. The Morgan fingerprint density at radius 3 is 2.61 bits per heavy atom. The van der Waals surface area contributed by atoms with Gasteiger partial charge in [-0.3, -0.25) is 9.20 Å². The van der Waals surface area contributed by atoms with Crippen molar-refractivity contribution < 1.29 is 18.7 Å². The topological polar surface area (TPSA) is 117 Å². The molecule has 0 radical (unpaired) electrons. The SMILES string of the molecule is CCc1nc2ccc(Cl)cn2c1C(=O)NCc1ccc(N(CCNC(=O)OC(C)(C)C)N=O)c(F)c1. The van der Waals surface area contributed by atoms with Crippen LogP contribution >= 0.6 is 11.6 Å². The highest BCUT2D eigenvalue weighted by molar-refractivity contribution is 6.30. The molecule has 1 aromatic carbocycles. The number of carbonyl (C=O) groups is 2. The van der Waals surface area contributed by atoms with Crippen LogP contribution in [0.4, 0.5) is 14.9 Å². The number of carbonyl (C=O) groups excluding carboxylic acids is 2. The number of imidazole rings is 1. The number of ether oxygens (including phenoxy) is 1. The van der Waals surface area contributed by atoms with E-state index in [1.807, 2.05) is 6.92 Å². The van der Waals surface area contributed by atoms with E-state index in [2.05, 4.69) is 20.9 Å². The number of pyridine rings is 1. The van der Waals surface area contributed by atoms with Crippen LogP contribution in [0.2, 0.25) is 5.02 Å². The molecule has 0 atom stereocenters. The van der Waals surface area contributed by atoms with Gasteiger partial charge in [-0.2, -0.15) is 0 Å². The third-order valence-corrected chi connectivity index (χ3v) is 5.26. The second-order valence-electron chi connectivity index (χ2n) is 8.94. The van der Waals surface area contributed by atoms with Gasteiger partial charge in [-0.15, -0.1) is 4.91 Å². The Morgan fingerprint density at radius 1 is 1.22 bits per heavy atom. The molecule has 3 aromatic rings. The Bertz CT molecular complexity index is 1270. The minimum atomic E-state index is -0.700. The summed E-state index contributed by atoms with van der Waals surface area (Å²) in [6, 6.07) is 7.59. The molecule has 12 heteroatoms. The van der Waals surface area contributed by atoms with Crippen LogP contribution in [0.15, 0.2) is 41.8 Å². The van der Waals surface area contributed by atoms with Crippen LogP contribution in [-0.4, -0.2) is 40.1 Å². The predicted octanol–water partition coefficient (Wildman–Crippen LogP) is 4.63. The van der Waals surface area contributed by atoms with Crippen LogP contribution in [0.3, 0.4) is 0 Å². The number of benzene rings is 1. The average Bonchev–Trinajstić information content (AvgIpc) is 3.17. The second kappa shape index (κ2) is 11.3. The minimum Gasteiger partial charge on any atom is -0.444 e. The number of anilines is 1. The van der Waals surface area contributed by atoms with Gasteiger partial charge in [0.15, 0.2) is 0 Å². The van der Waals surface area contributed by atoms with Crippen molar-refractivity contribution in [2.45, 2.75) is 46.3 Å². The first-order valence-electron chi connectivity index (χ1n) is 11.3. The number of aryl methyl sites for hydroxylation is 1. The largest absolute Gasteiger partial charge is 0.444 e. The number of amides is 2. The zero-order valence-electron chi connectivity index (χ0n) is 20.5. The molecule has 0 spiro atoms. The fraction of sp³-hybridized carbons (Fsp3) is 0.375. The number of alkyl carbamates (subject to hydrolysis) is 1. The number of halogens is 2. The lowest BCUT2D eigenvalue weighted by Gasteiger charge is -2.21. The molecule has 0 aliphatic carbocycles. The molecule has 2 aromatic heterocycles. The number of nitroso groups, excluding NO2 is 1. The van der Waals surface area contributed by atoms with Gasteiger partial charge in [0.2, 0.25) is 0 Å². The molecule has 192 valence electrons. The van der Waals surface area contributed by atoms with Gasteiger partial charge in [0.25, 0.3) is 5.91 Å².